The fourth-order valence-electron chi connectivity index (χ4n) is 2.92. The molecule has 0 unspecified atom stereocenters. The van der Waals surface area contributed by atoms with Crippen LogP contribution in [0.1, 0.15) is 30.5 Å². The average Bonchev–Trinajstić information content (AvgIpc) is 3.22. The third-order valence-corrected chi connectivity index (χ3v) is 4.39. The fourth-order valence-corrected chi connectivity index (χ4v) is 3.18. The standard InChI is InChI=1S/C14H18ClN5O2/c1-10-12(14(15)22-17-10)4-5-13(21)20-7-2-3-11(20)9-19-8-6-16-18-19/h6,8,11H,2-5,7,9H2,1H3/t11-/m0/s1. The van der Waals surface area contributed by atoms with E-state index in [4.69, 9.17) is 16.1 Å². The van der Waals surface area contributed by atoms with E-state index in [9.17, 15) is 4.79 Å². The molecule has 1 atom stereocenters. The second-order valence-electron chi connectivity index (χ2n) is 5.53. The van der Waals surface area contributed by atoms with Gasteiger partial charge in [-0.05, 0) is 37.8 Å². The van der Waals surface area contributed by atoms with Crippen molar-refractivity contribution >= 4 is 17.5 Å². The van der Waals surface area contributed by atoms with Crippen LogP contribution in [0.25, 0.3) is 0 Å². The molecule has 1 aliphatic rings. The zero-order valence-electron chi connectivity index (χ0n) is 12.4. The summed E-state index contributed by atoms with van der Waals surface area (Å²) in [6, 6.07) is 0.188. The minimum atomic E-state index is 0.138. The highest BCUT2D eigenvalue weighted by Gasteiger charge is 2.29. The lowest BCUT2D eigenvalue weighted by Gasteiger charge is -2.24. The van der Waals surface area contributed by atoms with Crippen LogP contribution >= 0.6 is 11.6 Å². The Bertz CT molecular complexity index is 620. The Balaban J connectivity index is 1.59. The minimum Gasteiger partial charge on any atom is -0.344 e. The molecule has 0 bridgehead atoms. The normalized spacial score (nSPS) is 18.1. The maximum Gasteiger partial charge on any atom is 0.229 e. The van der Waals surface area contributed by atoms with Gasteiger partial charge in [0, 0.05) is 24.7 Å². The molecule has 7 nitrogen and oxygen atoms in total. The molecule has 8 heteroatoms. The second kappa shape index (κ2) is 6.48. The number of carbonyl (C=O) groups excluding carboxylic acids is 1. The summed E-state index contributed by atoms with van der Waals surface area (Å²) in [5.74, 6) is 0.138. The zero-order chi connectivity index (χ0) is 15.5. The maximum atomic E-state index is 12.5. The molecule has 1 amide bonds. The van der Waals surface area contributed by atoms with Gasteiger partial charge in [0.25, 0.3) is 0 Å². The van der Waals surface area contributed by atoms with E-state index in [1.807, 2.05) is 18.0 Å². The molecule has 2 aromatic heterocycles. The van der Waals surface area contributed by atoms with Gasteiger partial charge in [0.2, 0.25) is 11.1 Å². The van der Waals surface area contributed by atoms with E-state index in [0.717, 1.165) is 30.6 Å². The van der Waals surface area contributed by atoms with Gasteiger partial charge in [0.15, 0.2) is 0 Å². The van der Waals surface area contributed by atoms with Crippen molar-refractivity contribution in [2.24, 2.45) is 0 Å². The van der Waals surface area contributed by atoms with Gasteiger partial charge in [-0.1, -0.05) is 10.4 Å². The number of rotatable bonds is 5. The molecule has 0 saturated carbocycles. The predicted molar refractivity (Wildman–Crippen MR) is 79.3 cm³/mol. The summed E-state index contributed by atoms with van der Waals surface area (Å²) in [7, 11) is 0. The highest BCUT2D eigenvalue weighted by atomic mass is 35.5. The summed E-state index contributed by atoms with van der Waals surface area (Å²) < 4.78 is 6.69. The van der Waals surface area contributed by atoms with Crippen LogP contribution in [0.4, 0.5) is 0 Å². The number of nitrogens with zero attached hydrogens (tertiary/aromatic N) is 5. The van der Waals surface area contributed by atoms with Crippen molar-refractivity contribution in [3.05, 3.63) is 28.9 Å². The van der Waals surface area contributed by atoms with E-state index in [0.29, 0.717) is 19.4 Å². The lowest BCUT2D eigenvalue weighted by molar-refractivity contribution is -0.132. The number of hydrogen-bond acceptors (Lipinski definition) is 5. The van der Waals surface area contributed by atoms with Crippen LogP contribution in [0.5, 0.6) is 0 Å². The quantitative estimate of drug-likeness (QED) is 0.839. The molecule has 0 aliphatic carbocycles. The lowest BCUT2D eigenvalue weighted by atomic mass is 10.1. The number of hydrogen-bond donors (Lipinski definition) is 0. The van der Waals surface area contributed by atoms with Crippen LogP contribution in [0.2, 0.25) is 5.22 Å². The Morgan fingerprint density at radius 2 is 2.41 bits per heavy atom. The van der Waals surface area contributed by atoms with Gasteiger partial charge in [0.05, 0.1) is 24.5 Å². The molecule has 1 aliphatic heterocycles. The molecule has 3 heterocycles. The van der Waals surface area contributed by atoms with Crippen LogP contribution in [-0.4, -0.2) is 43.5 Å². The molecule has 0 aromatic carbocycles. The van der Waals surface area contributed by atoms with Gasteiger partial charge in [-0.15, -0.1) is 5.10 Å². The number of amides is 1. The fraction of sp³-hybridized carbons (Fsp3) is 0.571. The number of aryl methyl sites for hydroxylation is 1. The van der Waals surface area contributed by atoms with Crippen LogP contribution in [0, 0.1) is 6.92 Å². The van der Waals surface area contributed by atoms with Gasteiger partial charge in [-0.25, -0.2) is 0 Å². The summed E-state index contributed by atoms with van der Waals surface area (Å²) in [6.07, 6.45) is 6.46. The third-order valence-electron chi connectivity index (χ3n) is 4.09. The van der Waals surface area contributed by atoms with Crippen LogP contribution in [0.15, 0.2) is 16.9 Å². The molecule has 2 aromatic rings. The van der Waals surface area contributed by atoms with Gasteiger partial charge >= 0.3 is 0 Å². The second-order valence-corrected chi connectivity index (χ2v) is 5.87. The van der Waals surface area contributed by atoms with Crippen LogP contribution in [-0.2, 0) is 17.8 Å². The summed E-state index contributed by atoms with van der Waals surface area (Å²) in [5.41, 5.74) is 1.57. The monoisotopic (exact) mass is 323 g/mol. The van der Waals surface area contributed by atoms with Crippen molar-refractivity contribution in [3.8, 4) is 0 Å². The van der Waals surface area contributed by atoms with Crippen molar-refractivity contribution in [2.75, 3.05) is 6.54 Å². The molecule has 1 fully saturated rings. The average molecular weight is 324 g/mol. The van der Waals surface area contributed by atoms with E-state index in [1.165, 1.54) is 0 Å². The Morgan fingerprint density at radius 3 is 3.09 bits per heavy atom. The first-order chi connectivity index (χ1) is 10.6. The molecule has 0 N–H and O–H groups in total. The van der Waals surface area contributed by atoms with Gasteiger partial charge in [0.1, 0.15) is 0 Å². The Hall–Kier alpha value is -1.89. The third kappa shape index (κ3) is 3.14. The maximum absolute atomic E-state index is 12.5. The van der Waals surface area contributed by atoms with Crippen molar-refractivity contribution in [1.82, 2.24) is 25.1 Å². The summed E-state index contributed by atoms with van der Waals surface area (Å²) in [4.78, 5) is 14.4. The Kier molecular flexibility index (Phi) is 4.42. The van der Waals surface area contributed by atoms with Crippen molar-refractivity contribution in [3.63, 3.8) is 0 Å². The molecule has 22 heavy (non-hydrogen) atoms. The van der Waals surface area contributed by atoms with Crippen LogP contribution in [0.3, 0.4) is 0 Å². The molecule has 118 valence electrons. The van der Waals surface area contributed by atoms with Gasteiger partial charge < -0.3 is 9.42 Å². The Morgan fingerprint density at radius 1 is 1.55 bits per heavy atom. The van der Waals surface area contributed by atoms with E-state index in [2.05, 4.69) is 15.5 Å². The van der Waals surface area contributed by atoms with E-state index < -0.39 is 0 Å². The number of likely N-dealkylation sites (tertiary alicyclic amines) is 1. The first-order valence-electron chi connectivity index (χ1n) is 7.39. The topological polar surface area (TPSA) is 77.0 Å². The molecule has 3 rings (SSSR count). The lowest BCUT2D eigenvalue weighted by Crippen LogP contribution is -2.38. The first-order valence-corrected chi connectivity index (χ1v) is 7.77. The number of aromatic nitrogens is 4. The van der Waals surface area contributed by atoms with Crippen molar-refractivity contribution in [1.29, 1.82) is 0 Å². The molecular weight excluding hydrogens is 306 g/mol. The minimum absolute atomic E-state index is 0.138. The Labute approximate surface area is 133 Å². The molecular formula is C14H18ClN5O2. The van der Waals surface area contributed by atoms with E-state index in [1.54, 1.807) is 10.9 Å². The summed E-state index contributed by atoms with van der Waals surface area (Å²) >= 11 is 5.94. The first kappa shape index (κ1) is 15.0. The van der Waals surface area contributed by atoms with E-state index >= 15 is 0 Å². The predicted octanol–water partition coefficient (Wildman–Crippen LogP) is 1.85. The van der Waals surface area contributed by atoms with Crippen LogP contribution < -0.4 is 0 Å². The van der Waals surface area contributed by atoms with Gasteiger partial charge in [-0.2, -0.15) is 0 Å². The summed E-state index contributed by atoms with van der Waals surface area (Å²) in [5, 5.41) is 11.9. The smallest absolute Gasteiger partial charge is 0.229 e. The van der Waals surface area contributed by atoms with Crippen molar-refractivity contribution in [2.45, 2.75) is 45.2 Å². The number of carbonyl (C=O) groups is 1. The van der Waals surface area contributed by atoms with E-state index in [-0.39, 0.29) is 17.2 Å². The largest absolute Gasteiger partial charge is 0.344 e. The molecule has 0 radical (unpaired) electrons. The zero-order valence-corrected chi connectivity index (χ0v) is 13.2. The SMILES string of the molecule is Cc1noc(Cl)c1CCC(=O)N1CCC[C@H]1Cn1ccnn1. The molecule has 0 spiro atoms. The highest BCUT2D eigenvalue weighted by Crippen LogP contribution is 2.23. The van der Waals surface area contributed by atoms with Gasteiger partial charge in [-0.3, -0.25) is 9.48 Å². The highest BCUT2D eigenvalue weighted by molar-refractivity contribution is 6.29. The molecule has 1 saturated heterocycles. The number of halogens is 1. The van der Waals surface area contributed by atoms with Crippen molar-refractivity contribution < 1.29 is 9.32 Å². The summed E-state index contributed by atoms with van der Waals surface area (Å²) in [6.45, 7) is 3.33.